The van der Waals surface area contributed by atoms with Crippen LogP contribution in [0.2, 0.25) is 0 Å². The summed E-state index contributed by atoms with van der Waals surface area (Å²) in [5, 5.41) is 0. The van der Waals surface area contributed by atoms with Gasteiger partial charge in [-0.2, -0.15) is 13.2 Å². The second-order valence-corrected chi connectivity index (χ2v) is 17.6. The summed E-state index contributed by atoms with van der Waals surface area (Å²) < 4.78 is 59.8. The molecule has 0 aliphatic heterocycles. The molecule has 2 aromatic carbocycles. The van der Waals surface area contributed by atoms with E-state index in [4.69, 9.17) is 5.73 Å². The lowest BCUT2D eigenvalue weighted by atomic mass is 9.45. The van der Waals surface area contributed by atoms with E-state index < -0.39 is 22.7 Å². The van der Waals surface area contributed by atoms with Gasteiger partial charge in [-0.15, -0.1) is 0 Å². The van der Waals surface area contributed by atoms with Crippen LogP contribution in [0, 0.1) is 39.4 Å². The Kier molecular flexibility index (Phi) is 7.43. The maximum atomic E-state index is 16.3. The molecule has 0 bridgehead atoms. The van der Waals surface area contributed by atoms with Crippen LogP contribution in [-0.2, 0) is 0 Å². The Labute approximate surface area is 273 Å². The van der Waals surface area contributed by atoms with Crippen molar-refractivity contribution in [2.75, 3.05) is 5.73 Å². The highest BCUT2D eigenvalue weighted by molar-refractivity contribution is 5.66. The molecule has 2 N–H and O–H groups in total. The number of benzene rings is 2. The van der Waals surface area contributed by atoms with Gasteiger partial charge in [0.25, 0.3) is 0 Å². The minimum Gasteiger partial charge on any atom is -0.399 e. The summed E-state index contributed by atoms with van der Waals surface area (Å²) in [6.45, 7) is 9.31. The SMILES string of the molecule is CC1(C)CCC2(CCC3=C4C(c5ccc(-c6ccc(N)cc6)cc5)CC5(C)C(CC[C@@]5(C)C(C)(F)C(F)(F)F)C4CCC3C2)CC1. The molecule has 7 atom stereocenters. The van der Waals surface area contributed by atoms with Crippen LogP contribution in [0.3, 0.4) is 0 Å². The van der Waals surface area contributed by atoms with Gasteiger partial charge in [0.2, 0.25) is 5.67 Å². The number of fused-ring (bicyclic) bond motifs is 4. The number of alkyl halides is 4. The Morgan fingerprint density at radius 3 is 1.93 bits per heavy atom. The Hall–Kier alpha value is -2.30. The monoisotopic (exact) mass is 635 g/mol. The normalized spacial score (nSPS) is 36.5. The highest BCUT2D eigenvalue weighted by Gasteiger charge is 2.73. The summed E-state index contributed by atoms with van der Waals surface area (Å²) in [5.41, 5.74) is 8.58. The van der Waals surface area contributed by atoms with E-state index in [-0.39, 0.29) is 24.2 Å². The lowest BCUT2D eigenvalue weighted by Crippen LogP contribution is -2.59. The third-order valence-corrected chi connectivity index (χ3v) is 15.0. The zero-order valence-electron chi connectivity index (χ0n) is 28.5. The van der Waals surface area contributed by atoms with Crippen LogP contribution in [0.5, 0.6) is 0 Å². The Morgan fingerprint density at radius 2 is 1.33 bits per heavy atom. The maximum Gasteiger partial charge on any atom is 0.422 e. The van der Waals surface area contributed by atoms with Gasteiger partial charge in [0.15, 0.2) is 0 Å². The van der Waals surface area contributed by atoms with Crippen LogP contribution in [0.25, 0.3) is 11.1 Å². The second-order valence-electron chi connectivity index (χ2n) is 17.6. The zero-order chi connectivity index (χ0) is 32.9. The predicted octanol–water partition coefficient (Wildman–Crippen LogP) is 12.2. The van der Waals surface area contributed by atoms with E-state index in [1.54, 1.807) is 18.1 Å². The summed E-state index contributed by atoms with van der Waals surface area (Å²) in [4.78, 5) is 0. The zero-order valence-corrected chi connectivity index (χ0v) is 28.5. The van der Waals surface area contributed by atoms with Crippen LogP contribution in [0.4, 0.5) is 23.2 Å². The van der Waals surface area contributed by atoms with Gasteiger partial charge in [0, 0.05) is 17.0 Å². The molecule has 0 heterocycles. The molecular weight excluding hydrogens is 582 g/mol. The van der Waals surface area contributed by atoms with Gasteiger partial charge in [-0.1, -0.05) is 75.2 Å². The number of hydrogen-bond acceptors (Lipinski definition) is 1. The summed E-state index contributed by atoms with van der Waals surface area (Å²) in [5.74, 6) is 0.911. The van der Waals surface area contributed by atoms with Crippen LogP contribution in [0.1, 0.15) is 123 Å². The van der Waals surface area contributed by atoms with Crippen LogP contribution in [0.15, 0.2) is 59.7 Å². The number of anilines is 1. The molecule has 0 aromatic heterocycles. The van der Waals surface area contributed by atoms with Crippen molar-refractivity contribution in [1.82, 2.24) is 0 Å². The third-order valence-electron chi connectivity index (χ3n) is 15.0. The van der Waals surface area contributed by atoms with Crippen molar-refractivity contribution in [3.05, 3.63) is 65.2 Å². The topological polar surface area (TPSA) is 26.0 Å². The second kappa shape index (κ2) is 10.6. The minimum atomic E-state index is -4.90. The van der Waals surface area contributed by atoms with E-state index in [0.717, 1.165) is 43.0 Å². The molecule has 2 aromatic rings. The first-order chi connectivity index (χ1) is 21.5. The Balaban J connectivity index is 1.30. The van der Waals surface area contributed by atoms with Gasteiger partial charge in [-0.25, -0.2) is 4.39 Å². The van der Waals surface area contributed by atoms with E-state index in [0.29, 0.717) is 29.6 Å². The van der Waals surface area contributed by atoms with Crippen molar-refractivity contribution >= 4 is 5.69 Å². The first-order valence-electron chi connectivity index (χ1n) is 17.9. The van der Waals surface area contributed by atoms with Crippen molar-refractivity contribution in [3.63, 3.8) is 0 Å². The minimum absolute atomic E-state index is 0.0188. The van der Waals surface area contributed by atoms with Crippen LogP contribution in [-0.4, -0.2) is 11.8 Å². The summed E-state index contributed by atoms with van der Waals surface area (Å²) in [6.07, 6.45) is 7.68. The molecule has 46 heavy (non-hydrogen) atoms. The van der Waals surface area contributed by atoms with Crippen molar-refractivity contribution < 1.29 is 17.6 Å². The average molecular weight is 636 g/mol. The van der Waals surface area contributed by atoms with E-state index in [1.165, 1.54) is 44.1 Å². The molecule has 5 aliphatic rings. The van der Waals surface area contributed by atoms with Gasteiger partial charge >= 0.3 is 6.18 Å². The molecule has 0 radical (unpaired) electrons. The molecule has 6 unspecified atom stereocenters. The highest BCUT2D eigenvalue weighted by atomic mass is 19.4. The fourth-order valence-corrected chi connectivity index (χ4v) is 11.6. The van der Waals surface area contributed by atoms with Gasteiger partial charge in [0.05, 0.1) is 0 Å². The molecule has 1 spiro atoms. The first-order valence-corrected chi connectivity index (χ1v) is 17.9. The van der Waals surface area contributed by atoms with Crippen LogP contribution < -0.4 is 5.73 Å². The first kappa shape index (κ1) is 32.3. The van der Waals surface area contributed by atoms with E-state index in [2.05, 4.69) is 38.1 Å². The van der Waals surface area contributed by atoms with Crippen molar-refractivity contribution in [1.29, 1.82) is 0 Å². The van der Waals surface area contributed by atoms with Gasteiger partial charge in [-0.05, 0) is 147 Å². The fraction of sp³-hybridized carbons (Fsp3) is 0.659. The number of allylic oxidation sites excluding steroid dienone is 2. The lowest BCUT2D eigenvalue weighted by molar-refractivity contribution is -0.281. The van der Waals surface area contributed by atoms with Gasteiger partial charge < -0.3 is 5.73 Å². The largest absolute Gasteiger partial charge is 0.422 e. The third kappa shape index (κ3) is 4.82. The lowest BCUT2D eigenvalue weighted by Gasteiger charge is -2.59. The number of halogens is 4. The van der Waals surface area contributed by atoms with Crippen LogP contribution >= 0.6 is 0 Å². The summed E-state index contributed by atoms with van der Waals surface area (Å²) >= 11 is 0. The molecule has 4 fully saturated rings. The fourth-order valence-electron chi connectivity index (χ4n) is 11.6. The van der Waals surface area contributed by atoms with Crippen molar-refractivity contribution in [2.45, 2.75) is 129 Å². The number of nitrogens with two attached hydrogens (primary N) is 1. The number of hydrogen-bond donors (Lipinski definition) is 1. The maximum absolute atomic E-state index is 16.3. The Bertz CT molecular complexity index is 1490. The molecule has 4 saturated carbocycles. The predicted molar refractivity (Wildman–Crippen MR) is 180 cm³/mol. The quantitative estimate of drug-likeness (QED) is 0.203. The van der Waals surface area contributed by atoms with Crippen molar-refractivity contribution in [3.8, 4) is 11.1 Å². The summed E-state index contributed by atoms with van der Waals surface area (Å²) in [6, 6.07) is 16.6. The molecule has 1 nitrogen and oxygen atoms in total. The molecule has 0 saturated heterocycles. The van der Waals surface area contributed by atoms with Gasteiger partial charge in [0.1, 0.15) is 0 Å². The average Bonchev–Trinajstić information content (AvgIpc) is 3.29. The molecule has 250 valence electrons. The molecule has 0 amide bonds. The Morgan fingerprint density at radius 1 is 0.717 bits per heavy atom. The molecule has 7 rings (SSSR count). The highest BCUT2D eigenvalue weighted by Crippen LogP contribution is 2.74. The van der Waals surface area contributed by atoms with E-state index in [1.807, 2.05) is 31.2 Å². The number of rotatable bonds is 3. The smallest absolute Gasteiger partial charge is 0.399 e. The molecular formula is C41H53F4N. The number of nitrogen functional groups attached to an aromatic ring is 1. The van der Waals surface area contributed by atoms with E-state index >= 15 is 4.39 Å². The molecule has 5 heteroatoms. The summed E-state index contributed by atoms with van der Waals surface area (Å²) in [7, 11) is 0. The van der Waals surface area contributed by atoms with Gasteiger partial charge in [-0.3, -0.25) is 0 Å². The van der Waals surface area contributed by atoms with Crippen molar-refractivity contribution in [2.24, 2.45) is 39.4 Å². The molecule has 5 aliphatic carbocycles. The van der Waals surface area contributed by atoms with E-state index in [9.17, 15) is 13.2 Å². The standard InChI is InChI=1S/C41H53F4N/c1-36(2)20-22-40(23-21-36)19-16-31-29(24-40)12-15-32-34-17-18-38(4,39(5,42)41(43,44)45)37(34,3)25-33(35(31)32)28-8-6-26(7-9-28)27-10-13-30(46)14-11-27/h6-11,13-14,29,32-34H,12,15-25,46H2,1-5H3/t29?,32?,33?,34?,37?,38-,39?/m1/s1.